The van der Waals surface area contributed by atoms with Gasteiger partial charge < -0.3 is 10.1 Å². The van der Waals surface area contributed by atoms with Crippen molar-refractivity contribution in [2.24, 2.45) is 0 Å². The lowest BCUT2D eigenvalue weighted by Gasteiger charge is -2.19. The number of rotatable bonds is 4. The first kappa shape index (κ1) is 14.1. The Balaban J connectivity index is 3.04. The van der Waals surface area contributed by atoms with Crippen molar-refractivity contribution in [3.63, 3.8) is 0 Å². The van der Waals surface area contributed by atoms with E-state index in [0.29, 0.717) is 6.61 Å². The Morgan fingerprint density at radius 3 is 2.59 bits per heavy atom. The SMILES string of the molecule is COCC(C)Nc1c(Cl)cccc1C(F)(F)F. The van der Waals surface area contributed by atoms with Gasteiger partial charge in [0.25, 0.3) is 0 Å². The summed E-state index contributed by atoms with van der Waals surface area (Å²) in [5.41, 5.74) is -0.876. The molecule has 1 atom stereocenters. The molecule has 17 heavy (non-hydrogen) atoms. The van der Waals surface area contributed by atoms with Crippen LogP contribution in [0.2, 0.25) is 5.02 Å². The maximum atomic E-state index is 12.7. The number of hydrogen-bond acceptors (Lipinski definition) is 2. The summed E-state index contributed by atoms with van der Waals surface area (Å²) in [4.78, 5) is 0. The van der Waals surface area contributed by atoms with E-state index in [2.05, 4.69) is 5.32 Å². The second kappa shape index (κ2) is 5.60. The van der Waals surface area contributed by atoms with Crippen molar-refractivity contribution < 1.29 is 17.9 Å². The molecule has 0 fully saturated rings. The molecule has 0 saturated heterocycles. The van der Waals surface area contributed by atoms with Gasteiger partial charge in [0.1, 0.15) is 0 Å². The Kier molecular flexibility index (Phi) is 4.65. The molecule has 1 unspecified atom stereocenters. The first-order chi connectivity index (χ1) is 7.86. The standard InChI is InChI=1S/C11H13ClF3NO/c1-7(6-17-2)16-10-8(11(13,14)15)4-3-5-9(10)12/h3-5,7,16H,6H2,1-2H3. The summed E-state index contributed by atoms with van der Waals surface area (Å²) in [6, 6.07) is 3.42. The number of benzene rings is 1. The number of halogens is 4. The van der Waals surface area contributed by atoms with Gasteiger partial charge in [-0.15, -0.1) is 0 Å². The van der Waals surface area contributed by atoms with Crippen LogP contribution < -0.4 is 5.32 Å². The molecule has 0 amide bonds. The summed E-state index contributed by atoms with van der Waals surface area (Å²) in [5.74, 6) is 0. The fourth-order valence-electron chi connectivity index (χ4n) is 1.45. The zero-order valence-corrected chi connectivity index (χ0v) is 10.2. The second-order valence-corrected chi connectivity index (χ2v) is 4.07. The van der Waals surface area contributed by atoms with Crippen LogP contribution in [0.1, 0.15) is 12.5 Å². The summed E-state index contributed by atoms with van der Waals surface area (Å²) < 4.78 is 43.1. The van der Waals surface area contributed by atoms with Crippen LogP contribution in [-0.2, 0) is 10.9 Å². The molecular formula is C11H13ClF3NO. The van der Waals surface area contributed by atoms with Crippen LogP contribution in [-0.4, -0.2) is 19.8 Å². The molecule has 0 heterocycles. The average molecular weight is 268 g/mol. The molecule has 0 aliphatic heterocycles. The molecule has 0 aliphatic carbocycles. The summed E-state index contributed by atoms with van der Waals surface area (Å²) in [6.07, 6.45) is -4.43. The van der Waals surface area contributed by atoms with Crippen LogP contribution in [0.15, 0.2) is 18.2 Å². The second-order valence-electron chi connectivity index (χ2n) is 3.66. The van der Waals surface area contributed by atoms with Crippen molar-refractivity contribution in [2.75, 3.05) is 19.0 Å². The van der Waals surface area contributed by atoms with Gasteiger partial charge in [0.05, 0.1) is 22.9 Å². The summed E-state index contributed by atoms with van der Waals surface area (Å²) in [7, 11) is 1.48. The van der Waals surface area contributed by atoms with Gasteiger partial charge in [0.15, 0.2) is 0 Å². The minimum Gasteiger partial charge on any atom is -0.383 e. The van der Waals surface area contributed by atoms with Crippen molar-refractivity contribution in [1.82, 2.24) is 0 Å². The van der Waals surface area contributed by atoms with Gasteiger partial charge in [-0.1, -0.05) is 17.7 Å². The topological polar surface area (TPSA) is 21.3 Å². The number of para-hydroxylation sites is 1. The van der Waals surface area contributed by atoms with Crippen LogP contribution in [0, 0.1) is 0 Å². The van der Waals surface area contributed by atoms with Crippen LogP contribution in [0.25, 0.3) is 0 Å². The van der Waals surface area contributed by atoms with Crippen molar-refractivity contribution in [2.45, 2.75) is 19.1 Å². The van der Waals surface area contributed by atoms with Gasteiger partial charge in [-0.25, -0.2) is 0 Å². The Morgan fingerprint density at radius 1 is 1.41 bits per heavy atom. The Morgan fingerprint density at radius 2 is 2.06 bits per heavy atom. The van der Waals surface area contributed by atoms with Gasteiger partial charge in [-0.05, 0) is 19.1 Å². The molecule has 0 aromatic heterocycles. The van der Waals surface area contributed by atoms with Gasteiger partial charge in [0, 0.05) is 13.2 Å². The fraction of sp³-hybridized carbons (Fsp3) is 0.455. The normalized spacial score (nSPS) is 13.5. The van der Waals surface area contributed by atoms with Crippen molar-refractivity contribution in [1.29, 1.82) is 0 Å². The molecule has 0 aliphatic rings. The smallest absolute Gasteiger partial charge is 0.383 e. The number of hydrogen-bond donors (Lipinski definition) is 1. The lowest BCUT2D eigenvalue weighted by atomic mass is 10.1. The van der Waals surface area contributed by atoms with E-state index in [0.717, 1.165) is 6.07 Å². The molecule has 0 saturated carbocycles. The largest absolute Gasteiger partial charge is 0.418 e. The Labute approximate surface area is 103 Å². The van der Waals surface area contributed by atoms with E-state index in [1.165, 1.54) is 19.2 Å². The van der Waals surface area contributed by atoms with E-state index < -0.39 is 11.7 Å². The molecule has 0 spiro atoms. The Hall–Kier alpha value is -0.940. The molecule has 96 valence electrons. The first-order valence-corrected chi connectivity index (χ1v) is 5.35. The van der Waals surface area contributed by atoms with Crippen molar-refractivity contribution >= 4 is 17.3 Å². The maximum Gasteiger partial charge on any atom is 0.418 e. The third-order valence-electron chi connectivity index (χ3n) is 2.13. The van der Waals surface area contributed by atoms with Gasteiger partial charge >= 0.3 is 6.18 Å². The number of ether oxygens (including phenoxy) is 1. The highest BCUT2D eigenvalue weighted by molar-refractivity contribution is 6.33. The zero-order chi connectivity index (χ0) is 13.1. The van der Waals surface area contributed by atoms with Crippen molar-refractivity contribution in [3.05, 3.63) is 28.8 Å². The van der Waals surface area contributed by atoms with Gasteiger partial charge in [0.2, 0.25) is 0 Å². The number of nitrogens with one attached hydrogen (secondary N) is 1. The number of anilines is 1. The molecule has 2 nitrogen and oxygen atoms in total. The summed E-state index contributed by atoms with van der Waals surface area (Å²) in [6.45, 7) is 2.01. The zero-order valence-electron chi connectivity index (χ0n) is 9.44. The minimum atomic E-state index is -4.43. The number of methoxy groups -OCH3 is 1. The first-order valence-electron chi connectivity index (χ1n) is 4.97. The molecule has 0 bridgehead atoms. The monoisotopic (exact) mass is 267 g/mol. The average Bonchev–Trinajstić information content (AvgIpc) is 2.19. The van der Waals surface area contributed by atoms with Crippen molar-refractivity contribution in [3.8, 4) is 0 Å². The lowest BCUT2D eigenvalue weighted by molar-refractivity contribution is -0.137. The van der Waals surface area contributed by atoms with E-state index >= 15 is 0 Å². The molecule has 6 heteroatoms. The van der Waals surface area contributed by atoms with Gasteiger partial charge in [-0.3, -0.25) is 0 Å². The van der Waals surface area contributed by atoms with E-state index in [9.17, 15) is 13.2 Å². The molecule has 1 rings (SSSR count). The van der Waals surface area contributed by atoms with E-state index in [-0.39, 0.29) is 16.8 Å². The molecule has 0 radical (unpaired) electrons. The lowest BCUT2D eigenvalue weighted by Crippen LogP contribution is -2.23. The predicted octanol–water partition coefficient (Wildman–Crippen LogP) is 3.81. The molecule has 1 aromatic rings. The highest BCUT2D eigenvalue weighted by Crippen LogP contribution is 2.38. The third kappa shape index (κ3) is 3.78. The van der Waals surface area contributed by atoms with E-state index in [4.69, 9.17) is 16.3 Å². The highest BCUT2D eigenvalue weighted by Gasteiger charge is 2.34. The fourth-order valence-corrected chi connectivity index (χ4v) is 1.67. The highest BCUT2D eigenvalue weighted by atomic mass is 35.5. The maximum absolute atomic E-state index is 12.7. The summed E-state index contributed by atoms with van der Waals surface area (Å²) in [5, 5.41) is 2.75. The Bertz CT molecular complexity index is 381. The van der Waals surface area contributed by atoms with Crippen LogP contribution in [0.5, 0.6) is 0 Å². The molecule has 1 N–H and O–H groups in total. The predicted molar refractivity (Wildman–Crippen MR) is 61.4 cm³/mol. The number of alkyl halides is 3. The van der Waals surface area contributed by atoms with Gasteiger partial charge in [-0.2, -0.15) is 13.2 Å². The quantitative estimate of drug-likeness (QED) is 0.896. The van der Waals surface area contributed by atoms with E-state index in [1.54, 1.807) is 6.92 Å². The van der Waals surface area contributed by atoms with Crippen LogP contribution in [0.4, 0.5) is 18.9 Å². The molecule has 1 aromatic carbocycles. The summed E-state index contributed by atoms with van der Waals surface area (Å²) >= 11 is 5.78. The van der Waals surface area contributed by atoms with E-state index in [1.807, 2.05) is 0 Å². The van der Waals surface area contributed by atoms with Crippen LogP contribution >= 0.6 is 11.6 Å². The minimum absolute atomic E-state index is 0.0442. The molecular weight excluding hydrogens is 255 g/mol. The van der Waals surface area contributed by atoms with Crippen LogP contribution in [0.3, 0.4) is 0 Å². The third-order valence-corrected chi connectivity index (χ3v) is 2.44.